The molecule has 0 N–H and O–H groups in total. The highest BCUT2D eigenvalue weighted by Gasteiger charge is 2.34. The van der Waals surface area contributed by atoms with Crippen LogP contribution in [0.4, 0.5) is 4.79 Å². The number of nitrogens with zero attached hydrogens (tertiary/aromatic N) is 2. The maximum absolute atomic E-state index is 12.1. The summed E-state index contributed by atoms with van der Waals surface area (Å²) in [6, 6.07) is 21.9. The molecule has 0 unspecified atom stereocenters. The zero-order valence-electron chi connectivity index (χ0n) is 17.5. The number of benzene rings is 2. The van der Waals surface area contributed by atoms with Crippen LogP contribution in [-0.4, -0.2) is 34.7 Å². The summed E-state index contributed by atoms with van der Waals surface area (Å²) in [5.74, 6) is 1.69. The first-order valence-electron chi connectivity index (χ1n) is 10.1. The Kier molecular flexibility index (Phi) is 5.44. The van der Waals surface area contributed by atoms with E-state index in [1.165, 1.54) is 5.56 Å². The molecule has 3 aromatic rings. The van der Waals surface area contributed by atoms with Gasteiger partial charge in [-0.15, -0.1) is 0 Å². The first kappa shape index (κ1) is 20.0. The molecule has 2 heterocycles. The fourth-order valence-corrected chi connectivity index (χ4v) is 3.33. The number of pyridine rings is 1. The van der Waals surface area contributed by atoms with E-state index in [1.807, 2.05) is 69.4 Å². The molecule has 0 aliphatic carbocycles. The molecule has 5 heteroatoms. The molecule has 5 nitrogen and oxygen atoms in total. The Balaban J connectivity index is 1.35. The largest absolute Gasteiger partial charge is 0.444 e. The summed E-state index contributed by atoms with van der Waals surface area (Å²) < 4.78 is 11.2. The molecule has 0 atom stereocenters. The number of hydrogen-bond donors (Lipinski definition) is 0. The van der Waals surface area contributed by atoms with Gasteiger partial charge in [0.1, 0.15) is 11.4 Å². The van der Waals surface area contributed by atoms with Crippen molar-refractivity contribution in [1.29, 1.82) is 0 Å². The third kappa shape index (κ3) is 4.79. The number of para-hydroxylation sites is 1. The SMILES string of the molecule is CC(C)(C)OC(=O)N1CC(c2ccc(-c3ccc(Oc4ccccc4)nc3)cc2)C1. The van der Waals surface area contributed by atoms with Gasteiger partial charge in [0.05, 0.1) is 0 Å². The van der Waals surface area contributed by atoms with Gasteiger partial charge in [-0.2, -0.15) is 0 Å². The van der Waals surface area contributed by atoms with Gasteiger partial charge >= 0.3 is 6.09 Å². The third-order valence-corrected chi connectivity index (χ3v) is 4.95. The zero-order valence-corrected chi connectivity index (χ0v) is 17.5. The second kappa shape index (κ2) is 8.19. The number of amides is 1. The van der Waals surface area contributed by atoms with Crippen molar-refractivity contribution in [2.75, 3.05) is 13.1 Å². The van der Waals surface area contributed by atoms with E-state index in [0.717, 1.165) is 16.9 Å². The van der Waals surface area contributed by atoms with Gasteiger partial charge in [-0.25, -0.2) is 9.78 Å². The standard InChI is InChI=1S/C25H26N2O3/c1-25(2,3)30-24(28)27-16-21(17-27)19-11-9-18(10-12-19)20-13-14-23(26-15-20)29-22-7-5-4-6-8-22/h4-15,21H,16-17H2,1-3H3. The van der Waals surface area contributed by atoms with E-state index in [4.69, 9.17) is 9.47 Å². The lowest BCUT2D eigenvalue weighted by Gasteiger charge is -2.40. The summed E-state index contributed by atoms with van der Waals surface area (Å²) in [5, 5.41) is 0. The van der Waals surface area contributed by atoms with Gasteiger partial charge in [0.15, 0.2) is 0 Å². The lowest BCUT2D eigenvalue weighted by molar-refractivity contribution is 0.00819. The Bertz CT molecular complexity index is 987. The highest BCUT2D eigenvalue weighted by molar-refractivity contribution is 5.70. The summed E-state index contributed by atoms with van der Waals surface area (Å²) >= 11 is 0. The Morgan fingerprint density at radius 1 is 0.933 bits per heavy atom. The highest BCUT2D eigenvalue weighted by atomic mass is 16.6. The summed E-state index contributed by atoms with van der Waals surface area (Å²) in [5.41, 5.74) is 2.90. The molecule has 1 aliphatic heterocycles. The topological polar surface area (TPSA) is 51.7 Å². The van der Waals surface area contributed by atoms with Crippen molar-refractivity contribution in [3.05, 3.63) is 78.5 Å². The van der Waals surface area contributed by atoms with Gasteiger partial charge in [-0.05, 0) is 50.1 Å². The normalized spacial score (nSPS) is 14.2. The number of ether oxygens (including phenoxy) is 2. The van der Waals surface area contributed by atoms with Gasteiger partial charge in [-0.3, -0.25) is 0 Å². The second-order valence-corrected chi connectivity index (χ2v) is 8.50. The quantitative estimate of drug-likeness (QED) is 0.547. The van der Waals surface area contributed by atoms with Crippen LogP contribution in [0.25, 0.3) is 11.1 Å². The Labute approximate surface area is 177 Å². The monoisotopic (exact) mass is 402 g/mol. The van der Waals surface area contributed by atoms with Crippen LogP contribution in [0.5, 0.6) is 11.6 Å². The molecule has 0 radical (unpaired) electrons. The van der Waals surface area contributed by atoms with Crippen LogP contribution in [-0.2, 0) is 4.74 Å². The number of rotatable bonds is 4. The van der Waals surface area contributed by atoms with E-state index < -0.39 is 5.60 Å². The maximum atomic E-state index is 12.1. The van der Waals surface area contributed by atoms with E-state index >= 15 is 0 Å². The first-order valence-corrected chi connectivity index (χ1v) is 10.1. The van der Waals surface area contributed by atoms with Crippen molar-refractivity contribution in [2.45, 2.75) is 32.3 Å². The first-order chi connectivity index (χ1) is 14.4. The van der Waals surface area contributed by atoms with Crippen LogP contribution < -0.4 is 4.74 Å². The van der Waals surface area contributed by atoms with Gasteiger partial charge in [-0.1, -0.05) is 42.5 Å². The maximum Gasteiger partial charge on any atom is 0.410 e. The molecular weight excluding hydrogens is 376 g/mol. The zero-order chi connectivity index (χ0) is 21.1. The molecule has 2 aromatic carbocycles. The number of likely N-dealkylation sites (tertiary alicyclic amines) is 1. The van der Waals surface area contributed by atoms with Gasteiger partial charge in [0, 0.05) is 36.8 Å². The smallest absolute Gasteiger partial charge is 0.410 e. The highest BCUT2D eigenvalue weighted by Crippen LogP contribution is 2.30. The molecule has 1 fully saturated rings. The minimum absolute atomic E-state index is 0.237. The molecule has 154 valence electrons. The fraction of sp³-hybridized carbons (Fsp3) is 0.280. The van der Waals surface area contributed by atoms with Crippen LogP contribution in [0.3, 0.4) is 0 Å². The van der Waals surface area contributed by atoms with Crippen LogP contribution >= 0.6 is 0 Å². The van der Waals surface area contributed by atoms with Crippen LogP contribution in [0.2, 0.25) is 0 Å². The Hall–Kier alpha value is -3.34. The predicted molar refractivity (Wildman–Crippen MR) is 117 cm³/mol. The summed E-state index contributed by atoms with van der Waals surface area (Å²) in [6.45, 7) is 7.05. The number of carbonyl (C=O) groups is 1. The van der Waals surface area contributed by atoms with Crippen molar-refractivity contribution in [1.82, 2.24) is 9.88 Å². The van der Waals surface area contributed by atoms with Crippen LogP contribution in [0.1, 0.15) is 32.3 Å². The molecule has 4 rings (SSSR count). The molecule has 0 saturated carbocycles. The average Bonchev–Trinajstić information content (AvgIpc) is 2.67. The molecule has 1 amide bonds. The number of aromatic nitrogens is 1. The Morgan fingerprint density at radius 3 is 2.20 bits per heavy atom. The van der Waals surface area contributed by atoms with Gasteiger partial charge in [0.2, 0.25) is 5.88 Å². The van der Waals surface area contributed by atoms with Crippen molar-refractivity contribution in [3.8, 4) is 22.8 Å². The summed E-state index contributed by atoms with van der Waals surface area (Å²) in [4.78, 5) is 18.2. The molecule has 1 saturated heterocycles. The number of hydrogen-bond acceptors (Lipinski definition) is 4. The van der Waals surface area contributed by atoms with Crippen molar-refractivity contribution < 1.29 is 14.3 Å². The molecular formula is C25H26N2O3. The van der Waals surface area contributed by atoms with Gasteiger partial charge < -0.3 is 14.4 Å². The minimum atomic E-state index is -0.459. The van der Waals surface area contributed by atoms with Crippen molar-refractivity contribution in [3.63, 3.8) is 0 Å². The van der Waals surface area contributed by atoms with Crippen molar-refractivity contribution in [2.24, 2.45) is 0 Å². The summed E-state index contributed by atoms with van der Waals surface area (Å²) in [6.07, 6.45) is 1.58. The van der Waals surface area contributed by atoms with Crippen LogP contribution in [0.15, 0.2) is 72.9 Å². The average molecular weight is 402 g/mol. The van der Waals surface area contributed by atoms with Crippen LogP contribution in [0, 0.1) is 0 Å². The van der Waals surface area contributed by atoms with E-state index in [1.54, 1.807) is 4.90 Å². The predicted octanol–water partition coefficient (Wildman–Crippen LogP) is 5.88. The fourth-order valence-electron chi connectivity index (χ4n) is 3.33. The number of carbonyl (C=O) groups excluding carboxylic acids is 1. The van der Waals surface area contributed by atoms with Crippen molar-refractivity contribution >= 4 is 6.09 Å². The lowest BCUT2D eigenvalue weighted by Crippen LogP contribution is -2.50. The minimum Gasteiger partial charge on any atom is -0.444 e. The lowest BCUT2D eigenvalue weighted by atomic mass is 9.90. The molecule has 0 spiro atoms. The molecule has 1 aromatic heterocycles. The van der Waals surface area contributed by atoms with E-state index in [2.05, 4.69) is 29.2 Å². The third-order valence-electron chi connectivity index (χ3n) is 4.95. The molecule has 30 heavy (non-hydrogen) atoms. The Morgan fingerprint density at radius 2 is 1.60 bits per heavy atom. The summed E-state index contributed by atoms with van der Waals surface area (Å²) in [7, 11) is 0. The van der Waals surface area contributed by atoms with Gasteiger partial charge in [0.25, 0.3) is 0 Å². The molecule has 1 aliphatic rings. The van der Waals surface area contributed by atoms with E-state index in [-0.39, 0.29) is 6.09 Å². The molecule has 0 bridgehead atoms. The van der Waals surface area contributed by atoms with E-state index in [9.17, 15) is 4.79 Å². The second-order valence-electron chi connectivity index (χ2n) is 8.50. The van der Waals surface area contributed by atoms with E-state index in [0.29, 0.717) is 24.9 Å².